The van der Waals surface area contributed by atoms with E-state index in [-0.39, 0.29) is 30.6 Å². The van der Waals surface area contributed by atoms with E-state index in [4.69, 9.17) is 18.6 Å². The molecule has 0 saturated heterocycles. The van der Waals surface area contributed by atoms with E-state index in [1.165, 1.54) is 6.07 Å². The number of phenols is 1. The molecule has 1 aromatic carbocycles. The summed E-state index contributed by atoms with van der Waals surface area (Å²) in [5, 5.41) is 9.84. The van der Waals surface area contributed by atoms with Gasteiger partial charge in [-0.3, -0.25) is 4.99 Å². The Morgan fingerprint density at radius 1 is 1.07 bits per heavy atom. The molecule has 1 aromatic rings. The predicted octanol–water partition coefficient (Wildman–Crippen LogP) is 6.41. The van der Waals surface area contributed by atoms with Crippen LogP contribution in [0.4, 0.5) is 26.3 Å². The fraction of sp³-hybridized carbons (Fsp3) is 0.562. The van der Waals surface area contributed by atoms with Gasteiger partial charge in [0.2, 0.25) is 0 Å². The van der Waals surface area contributed by atoms with E-state index < -0.39 is 47.3 Å². The van der Waals surface area contributed by atoms with Crippen molar-refractivity contribution in [3.63, 3.8) is 0 Å². The van der Waals surface area contributed by atoms with E-state index in [0.29, 0.717) is 5.56 Å². The Labute approximate surface area is 169 Å². The van der Waals surface area contributed by atoms with Crippen LogP contribution in [0.25, 0.3) is 0 Å². The molecule has 0 bridgehead atoms. The Kier molecular flexibility index (Phi) is 9.45. The van der Waals surface area contributed by atoms with Crippen LogP contribution in [0.3, 0.4) is 0 Å². The molecule has 1 fully saturated rings. The van der Waals surface area contributed by atoms with Crippen molar-refractivity contribution in [2.75, 3.05) is 0 Å². The summed E-state index contributed by atoms with van der Waals surface area (Å²) in [5.41, 5.74) is 0.560. The quantitative estimate of drug-likeness (QED) is 0.302. The maximum atomic E-state index is 13.1. The van der Waals surface area contributed by atoms with Crippen molar-refractivity contribution in [2.45, 2.75) is 44.6 Å². The van der Waals surface area contributed by atoms with Gasteiger partial charge in [0, 0.05) is 11.8 Å². The summed E-state index contributed by atoms with van der Waals surface area (Å²) in [7, 11) is 9.78. The van der Waals surface area contributed by atoms with Gasteiger partial charge >= 0.3 is 48.0 Å². The van der Waals surface area contributed by atoms with Crippen LogP contribution in [0.5, 0.6) is 5.75 Å². The molecule has 1 aliphatic rings. The second-order valence-corrected chi connectivity index (χ2v) is 8.66. The van der Waals surface area contributed by atoms with Gasteiger partial charge < -0.3 is 5.11 Å². The standard InChI is InChI=1S/C16H17F6NO.2ClH.Ti/c1-9-4-2-5-10(14(9)24)8-23-13-11(15(17,18)19)6-3-7-12(13)16(20,21)22;;;/h2,4-5,8,11-13,24H,3,6-7H2,1H3;2*1H;/q;;;+2/p-2. The van der Waals surface area contributed by atoms with Gasteiger partial charge in [-0.15, -0.1) is 0 Å². The Hall–Kier alpha value is -0.436. The molecule has 0 heterocycles. The van der Waals surface area contributed by atoms with Crippen molar-refractivity contribution in [1.82, 2.24) is 0 Å². The van der Waals surface area contributed by atoms with Crippen molar-refractivity contribution < 1.29 is 48.5 Å². The first kappa shape index (κ1) is 24.6. The number of para-hydroxylation sites is 1. The molecular formula is C16H17Cl2F6NOTi. The first-order valence-corrected chi connectivity index (χ1v) is 12.1. The summed E-state index contributed by atoms with van der Waals surface area (Å²) < 4.78 is 78.8. The molecule has 11 heteroatoms. The van der Waals surface area contributed by atoms with E-state index in [0.717, 1.165) is 6.21 Å². The molecule has 2 rings (SSSR count). The molecule has 152 valence electrons. The normalized spacial score (nSPS) is 23.7. The molecule has 1 N–H and O–H groups in total. The number of nitrogens with zero attached hydrogens (tertiary/aromatic N) is 1. The zero-order valence-corrected chi connectivity index (χ0v) is 17.2. The Bertz CT molecular complexity index is 616. The van der Waals surface area contributed by atoms with Crippen LogP contribution < -0.4 is 0 Å². The summed E-state index contributed by atoms with van der Waals surface area (Å²) in [6.07, 6.45) is -9.48. The topological polar surface area (TPSA) is 32.6 Å². The number of aromatic hydroxyl groups is 1. The van der Waals surface area contributed by atoms with Gasteiger partial charge in [-0.05, 0) is 31.4 Å². The number of alkyl halides is 6. The van der Waals surface area contributed by atoms with Crippen LogP contribution in [0.2, 0.25) is 0 Å². The Morgan fingerprint density at radius 3 is 2.00 bits per heavy atom. The molecule has 1 aliphatic carbocycles. The van der Waals surface area contributed by atoms with Crippen LogP contribution in [0.1, 0.15) is 30.4 Å². The van der Waals surface area contributed by atoms with Crippen molar-refractivity contribution in [2.24, 2.45) is 16.8 Å². The maximum absolute atomic E-state index is 13.1. The summed E-state index contributed by atoms with van der Waals surface area (Å²) >= 11 is -0.556. The van der Waals surface area contributed by atoms with Crippen LogP contribution in [-0.4, -0.2) is 29.7 Å². The second kappa shape index (κ2) is 10.4. The predicted molar refractivity (Wildman–Crippen MR) is 88.9 cm³/mol. The summed E-state index contributed by atoms with van der Waals surface area (Å²) in [4.78, 5) is 3.63. The SMILES string of the molecule is Cc1cccc(C=NC2C(C(F)(F)F)CCCC2C(F)(F)F)c1O.[Cl][Ti][Cl]. The third-order valence-corrected chi connectivity index (χ3v) is 4.35. The van der Waals surface area contributed by atoms with Gasteiger partial charge in [0.15, 0.2) is 0 Å². The molecule has 0 aliphatic heterocycles. The molecule has 2 unspecified atom stereocenters. The third-order valence-electron chi connectivity index (χ3n) is 4.35. The van der Waals surface area contributed by atoms with Crippen LogP contribution in [0.15, 0.2) is 23.2 Å². The Morgan fingerprint density at radius 2 is 1.56 bits per heavy atom. The number of benzene rings is 1. The van der Waals surface area contributed by atoms with Gasteiger partial charge in [-0.1, -0.05) is 18.6 Å². The number of halogens is 8. The zero-order valence-electron chi connectivity index (χ0n) is 14.1. The summed E-state index contributed by atoms with van der Waals surface area (Å²) in [5.74, 6) is -4.48. The molecule has 0 spiro atoms. The fourth-order valence-electron chi connectivity index (χ4n) is 3.05. The number of hydrogen-bond donors (Lipinski definition) is 1. The minimum absolute atomic E-state index is 0.0995. The van der Waals surface area contributed by atoms with Gasteiger partial charge in [0.05, 0.1) is 17.9 Å². The van der Waals surface area contributed by atoms with E-state index in [1.807, 2.05) is 0 Å². The minimum atomic E-state index is -4.75. The van der Waals surface area contributed by atoms with E-state index in [9.17, 15) is 31.4 Å². The Balaban J connectivity index is 0.00000114. The first-order valence-electron chi connectivity index (χ1n) is 7.85. The van der Waals surface area contributed by atoms with Gasteiger partial charge in [0.25, 0.3) is 0 Å². The molecule has 0 amide bonds. The van der Waals surface area contributed by atoms with Crippen LogP contribution >= 0.6 is 18.6 Å². The number of phenolic OH excluding ortho intramolecular Hbond substituents is 1. The van der Waals surface area contributed by atoms with Crippen LogP contribution in [0, 0.1) is 18.8 Å². The van der Waals surface area contributed by atoms with Gasteiger partial charge in [-0.2, -0.15) is 26.3 Å². The average molecular weight is 472 g/mol. The van der Waals surface area contributed by atoms with E-state index in [1.54, 1.807) is 19.1 Å². The molecule has 0 aromatic heterocycles. The number of aryl methyl sites for hydroxylation is 1. The summed E-state index contributed by atoms with van der Waals surface area (Å²) in [6, 6.07) is 2.57. The van der Waals surface area contributed by atoms with Gasteiger partial charge in [-0.25, -0.2) is 0 Å². The monoisotopic (exact) mass is 471 g/mol. The van der Waals surface area contributed by atoms with Crippen LogP contribution in [-0.2, 0) is 17.0 Å². The summed E-state index contributed by atoms with van der Waals surface area (Å²) in [6.45, 7) is 1.57. The van der Waals surface area contributed by atoms with E-state index in [2.05, 4.69) is 4.99 Å². The molecule has 27 heavy (non-hydrogen) atoms. The average Bonchev–Trinajstić information content (AvgIpc) is 2.55. The van der Waals surface area contributed by atoms with Gasteiger partial charge in [0.1, 0.15) is 5.75 Å². The molecule has 0 radical (unpaired) electrons. The fourth-order valence-corrected chi connectivity index (χ4v) is 3.05. The molecule has 1 saturated carbocycles. The number of hydrogen-bond acceptors (Lipinski definition) is 2. The third kappa shape index (κ3) is 7.15. The molecule has 2 nitrogen and oxygen atoms in total. The molecule has 2 atom stereocenters. The van der Waals surface area contributed by atoms with Crippen molar-refractivity contribution in [3.8, 4) is 5.75 Å². The van der Waals surface area contributed by atoms with Crippen molar-refractivity contribution in [1.29, 1.82) is 0 Å². The van der Waals surface area contributed by atoms with Crippen molar-refractivity contribution in [3.05, 3.63) is 29.3 Å². The first-order chi connectivity index (χ1) is 12.4. The van der Waals surface area contributed by atoms with Crippen molar-refractivity contribution >= 4 is 24.8 Å². The molecular weight excluding hydrogens is 455 g/mol. The zero-order chi connectivity index (χ0) is 20.8. The number of rotatable bonds is 2. The second-order valence-electron chi connectivity index (χ2n) is 6.08. The number of aliphatic imine (C=N–C) groups is 1. The van der Waals surface area contributed by atoms with E-state index >= 15 is 0 Å².